The second kappa shape index (κ2) is 8.74. The van der Waals surface area contributed by atoms with Gasteiger partial charge in [0.1, 0.15) is 17.2 Å². The number of H-pyrrole nitrogens is 1. The number of imidazole rings is 1. The topological polar surface area (TPSA) is 102 Å². The van der Waals surface area contributed by atoms with Crippen molar-refractivity contribution in [2.45, 2.75) is 50.8 Å². The molecule has 35 heavy (non-hydrogen) atoms. The van der Waals surface area contributed by atoms with Crippen LogP contribution in [0.15, 0.2) is 42.6 Å². The summed E-state index contributed by atoms with van der Waals surface area (Å²) in [6.07, 6.45) is 2.82. The number of alkyl halides is 3. The first-order valence-electron chi connectivity index (χ1n) is 10.8. The van der Waals surface area contributed by atoms with Crippen molar-refractivity contribution >= 4 is 27.0 Å². The van der Waals surface area contributed by atoms with Crippen molar-refractivity contribution in [2.75, 3.05) is 6.54 Å². The van der Waals surface area contributed by atoms with Crippen LogP contribution in [0, 0.1) is 0 Å². The Hall–Kier alpha value is -3.28. The van der Waals surface area contributed by atoms with Crippen molar-refractivity contribution in [1.29, 1.82) is 0 Å². The molecule has 1 unspecified atom stereocenters. The van der Waals surface area contributed by atoms with Gasteiger partial charge in [0.25, 0.3) is 0 Å². The van der Waals surface area contributed by atoms with Gasteiger partial charge in [0, 0.05) is 12.1 Å². The molecule has 0 aliphatic carbocycles. The first kappa shape index (κ1) is 24.8. The second-order valence-electron chi connectivity index (χ2n) is 9.22. The molecule has 0 saturated carbocycles. The van der Waals surface area contributed by atoms with Crippen LogP contribution in [0.5, 0.6) is 5.75 Å². The number of ether oxygens (including phenoxy) is 1. The smallest absolute Gasteiger partial charge is 0.444 e. The van der Waals surface area contributed by atoms with Gasteiger partial charge >= 0.3 is 21.7 Å². The SMILES string of the molecule is CC(C)(C)OC(=O)N1CCCC1c1ncc(-c2ccc3cc(OS(=O)(=O)C(F)(F)F)ccc3c2)[nH]1. The quantitative estimate of drug-likeness (QED) is 0.365. The molecule has 1 atom stereocenters. The van der Waals surface area contributed by atoms with E-state index in [1.54, 1.807) is 29.3 Å². The van der Waals surface area contributed by atoms with Crippen LogP contribution in [0.1, 0.15) is 45.5 Å². The molecular weight excluding hydrogens is 487 g/mol. The van der Waals surface area contributed by atoms with Gasteiger partial charge in [-0.1, -0.05) is 18.2 Å². The van der Waals surface area contributed by atoms with Gasteiger partial charge in [-0.25, -0.2) is 9.78 Å². The van der Waals surface area contributed by atoms with Crippen molar-refractivity contribution < 1.29 is 35.3 Å². The zero-order valence-corrected chi connectivity index (χ0v) is 20.0. The maximum atomic E-state index is 12.6. The number of amides is 1. The lowest BCUT2D eigenvalue weighted by Crippen LogP contribution is -2.36. The summed E-state index contributed by atoms with van der Waals surface area (Å²) in [5.74, 6) is 0.194. The summed E-state index contributed by atoms with van der Waals surface area (Å²) >= 11 is 0. The lowest BCUT2D eigenvalue weighted by molar-refractivity contribution is -0.0500. The van der Waals surface area contributed by atoms with E-state index in [2.05, 4.69) is 14.2 Å². The number of likely N-dealkylation sites (tertiary alicyclic amines) is 1. The number of rotatable bonds is 4. The number of benzene rings is 2. The van der Waals surface area contributed by atoms with Gasteiger partial charge in [0.2, 0.25) is 0 Å². The normalized spacial score (nSPS) is 17.1. The summed E-state index contributed by atoms with van der Waals surface area (Å²) < 4.78 is 69.9. The highest BCUT2D eigenvalue weighted by atomic mass is 32.2. The second-order valence-corrected chi connectivity index (χ2v) is 10.8. The summed E-state index contributed by atoms with van der Waals surface area (Å²) in [6, 6.07) is 8.76. The molecule has 2 heterocycles. The molecule has 0 spiro atoms. The molecule has 1 fully saturated rings. The van der Waals surface area contributed by atoms with Crippen LogP contribution in [0.25, 0.3) is 22.0 Å². The minimum Gasteiger partial charge on any atom is -0.444 e. The number of hydrogen-bond acceptors (Lipinski definition) is 6. The van der Waals surface area contributed by atoms with Crippen molar-refractivity contribution in [3.8, 4) is 17.0 Å². The monoisotopic (exact) mass is 511 g/mol. The standard InChI is InChI=1S/C23H24F3N3O5S/c1-22(2,3)33-21(30)29-10-4-5-19(29)20-27-13-18(28-20)16-7-6-15-12-17(9-8-14(15)11-16)34-35(31,32)23(24,25)26/h6-9,11-13,19H,4-5,10H2,1-3H3,(H,27,28). The van der Waals surface area contributed by atoms with Gasteiger partial charge in [-0.2, -0.15) is 21.6 Å². The first-order valence-corrected chi connectivity index (χ1v) is 12.2. The molecule has 0 radical (unpaired) electrons. The predicted molar refractivity (Wildman–Crippen MR) is 122 cm³/mol. The zero-order valence-electron chi connectivity index (χ0n) is 19.2. The maximum Gasteiger partial charge on any atom is 0.534 e. The average molecular weight is 512 g/mol. The lowest BCUT2D eigenvalue weighted by atomic mass is 10.1. The van der Waals surface area contributed by atoms with E-state index in [0.717, 1.165) is 24.5 Å². The van der Waals surface area contributed by atoms with E-state index < -0.39 is 33.1 Å². The average Bonchev–Trinajstić information content (AvgIpc) is 3.40. The number of aromatic nitrogens is 2. The highest BCUT2D eigenvalue weighted by Crippen LogP contribution is 2.34. The number of halogens is 3. The fourth-order valence-corrected chi connectivity index (χ4v) is 4.31. The van der Waals surface area contributed by atoms with Crippen LogP contribution in [0.4, 0.5) is 18.0 Å². The number of hydrogen-bond donors (Lipinski definition) is 1. The number of fused-ring (bicyclic) bond motifs is 1. The number of aromatic amines is 1. The molecule has 1 aliphatic heterocycles. The highest BCUT2D eigenvalue weighted by Gasteiger charge is 2.48. The number of carbonyl (C=O) groups excluding carboxylic acids is 1. The van der Waals surface area contributed by atoms with E-state index in [1.165, 1.54) is 12.1 Å². The van der Waals surface area contributed by atoms with Crippen LogP contribution in [0.2, 0.25) is 0 Å². The number of nitrogens with one attached hydrogen (secondary N) is 1. The molecule has 1 saturated heterocycles. The predicted octanol–water partition coefficient (Wildman–Crippen LogP) is 5.53. The highest BCUT2D eigenvalue weighted by molar-refractivity contribution is 7.88. The Morgan fingerprint density at radius 2 is 1.80 bits per heavy atom. The van der Waals surface area contributed by atoms with Crippen LogP contribution >= 0.6 is 0 Å². The summed E-state index contributed by atoms with van der Waals surface area (Å²) in [5, 5.41) is 1.15. The fraction of sp³-hybridized carbons (Fsp3) is 0.391. The van der Waals surface area contributed by atoms with Crippen molar-refractivity contribution in [1.82, 2.24) is 14.9 Å². The van der Waals surface area contributed by atoms with Gasteiger partial charge in [0.05, 0.1) is 17.9 Å². The number of carbonyl (C=O) groups is 1. The molecule has 12 heteroatoms. The number of nitrogens with zero attached hydrogens (tertiary/aromatic N) is 2. The zero-order chi connectivity index (χ0) is 25.6. The Bertz CT molecular complexity index is 1360. The van der Waals surface area contributed by atoms with Crippen LogP contribution in [-0.2, 0) is 14.9 Å². The summed E-state index contributed by atoms with van der Waals surface area (Å²) in [4.78, 5) is 22.0. The Morgan fingerprint density at radius 1 is 1.11 bits per heavy atom. The third-order valence-corrected chi connectivity index (χ3v) is 6.38. The third-order valence-electron chi connectivity index (χ3n) is 5.40. The van der Waals surface area contributed by atoms with Gasteiger partial charge in [-0.15, -0.1) is 0 Å². The van der Waals surface area contributed by atoms with E-state index in [-0.39, 0.29) is 6.04 Å². The molecule has 1 amide bonds. The van der Waals surface area contributed by atoms with Gasteiger partial charge in [0.15, 0.2) is 0 Å². The van der Waals surface area contributed by atoms with Crippen LogP contribution < -0.4 is 4.18 Å². The Balaban J connectivity index is 1.55. The van der Waals surface area contributed by atoms with Gasteiger partial charge in [-0.3, -0.25) is 4.90 Å². The van der Waals surface area contributed by atoms with E-state index in [0.29, 0.717) is 28.8 Å². The molecule has 4 rings (SSSR count). The lowest BCUT2D eigenvalue weighted by Gasteiger charge is -2.27. The van der Waals surface area contributed by atoms with Crippen LogP contribution in [0.3, 0.4) is 0 Å². The van der Waals surface area contributed by atoms with Crippen LogP contribution in [-0.4, -0.2) is 47.0 Å². The third kappa shape index (κ3) is 5.37. The van der Waals surface area contributed by atoms with Gasteiger partial charge < -0.3 is 13.9 Å². The first-order chi connectivity index (χ1) is 16.2. The molecule has 3 aromatic rings. The Labute approximate surface area is 200 Å². The van der Waals surface area contributed by atoms with E-state index in [1.807, 2.05) is 20.8 Å². The van der Waals surface area contributed by atoms with E-state index in [4.69, 9.17) is 4.74 Å². The minimum atomic E-state index is -5.75. The minimum absolute atomic E-state index is 0.241. The van der Waals surface area contributed by atoms with Gasteiger partial charge in [-0.05, 0) is 62.6 Å². The molecule has 2 aromatic carbocycles. The van der Waals surface area contributed by atoms with Crippen molar-refractivity contribution in [2.24, 2.45) is 0 Å². The fourth-order valence-electron chi connectivity index (χ4n) is 3.86. The molecule has 1 aliphatic rings. The molecule has 1 aromatic heterocycles. The molecule has 0 bridgehead atoms. The molecule has 188 valence electrons. The molecule has 1 N–H and O–H groups in total. The summed E-state index contributed by atoms with van der Waals surface area (Å²) in [7, 11) is -5.75. The molecule has 8 nitrogen and oxygen atoms in total. The van der Waals surface area contributed by atoms with Crippen molar-refractivity contribution in [3.05, 3.63) is 48.4 Å². The van der Waals surface area contributed by atoms with Crippen molar-refractivity contribution in [3.63, 3.8) is 0 Å². The Morgan fingerprint density at radius 3 is 2.49 bits per heavy atom. The summed E-state index contributed by atoms with van der Waals surface area (Å²) in [6.45, 7) is 6.00. The largest absolute Gasteiger partial charge is 0.534 e. The molecular formula is C23H24F3N3O5S. The van der Waals surface area contributed by atoms with E-state index >= 15 is 0 Å². The van der Waals surface area contributed by atoms with E-state index in [9.17, 15) is 26.4 Å². The Kier molecular flexibility index (Phi) is 6.20. The summed E-state index contributed by atoms with van der Waals surface area (Å²) in [5.41, 5.74) is -4.67. The maximum absolute atomic E-state index is 12.6.